The molecule has 1 aliphatic heterocycles. The van der Waals surface area contributed by atoms with Crippen LogP contribution in [0.4, 0.5) is 11.5 Å². The highest BCUT2D eigenvalue weighted by Crippen LogP contribution is 2.49. The first kappa shape index (κ1) is 26.4. The Balaban J connectivity index is 1.54. The minimum atomic E-state index is -0.295. The van der Waals surface area contributed by atoms with Gasteiger partial charge in [0, 0.05) is 21.7 Å². The molecule has 5 aromatic rings. The van der Waals surface area contributed by atoms with Gasteiger partial charge in [0.05, 0.1) is 27.4 Å². The van der Waals surface area contributed by atoms with Crippen LogP contribution in [0.3, 0.4) is 0 Å². The summed E-state index contributed by atoms with van der Waals surface area (Å²) in [6.07, 6.45) is 0. The number of benzene rings is 3. The second-order valence-electron chi connectivity index (χ2n) is 9.42. The first-order valence-electron chi connectivity index (χ1n) is 12.7. The van der Waals surface area contributed by atoms with Crippen molar-refractivity contribution < 1.29 is 9.59 Å². The van der Waals surface area contributed by atoms with Gasteiger partial charge in [-0.1, -0.05) is 77.8 Å². The molecule has 9 heteroatoms. The van der Waals surface area contributed by atoms with Crippen LogP contribution in [0.15, 0.2) is 96.4 Å². The molecule has 3 aromatic carbocycles. The van der Waals surface area contributed by atoms with Crippen LogP contribution < -0.4 is 10.2 Å². The summed E-state index contributed by atoms with van der Waals surface area (Å²) < 4.78 is 1.73. The normalized spacial score (nSPS) is 15.0. The van der Waals surface area contributed by atoms with E-state index in [1.807, 2.05) is 91.2 Å². The van der Waals surface area contributed by atoms with Gasteiger partial charge >= 0.3 is 0 Å². The third kappa shape index (κ3) is 5.18. The molecular weight excluding hydrogens is 560 g/mol. The Bertz CT molecular complexity index is 1670. The number of halogens is 1. The number of rotatable bonds is 6. The fourth-order valence-electron chi connectivity index (χ4n) is 4.77. The number of carbonyl (C=O) groups is 2. The predicted octanol–water partition coefficient (Wildman–Crippen LogP) is 7.37. The molecule has 2 aromatic heterocycles. The Morgan fingerprint density at radius 3 is 2.48 bits per heavy atom. The molecular formula is C31H25ClN4O2S2. The van der Waals surface area contributed by atoms with E-state index >= 15 is 0 Å². The van der Waals surface area contributed by atoms with Crippen molar-refractivity contribution in [3.63, 3.8) is 0 Å². The number of thioether (sulfide) groups is 1. The zero-order valence-corrected chi connectivity index (χ0v) is 24.0. The second kappa shape index (κ2) is 11.3. The van der Waals surface area contributed by atoms with E-state index in [2.05, 4.69) is 11.4 Å². The Hall–Kier alpha value is -3.85. The lowest BCUT2D eigenvalue weighted by Gasteiger charge is -2.23. The summed E-state index contributed by atoms with van der Waals surface area (Å²) in [5.41, 5.74) is 4.96. The van der Waals surface area contributed by atoms with E-state index in [1.54, 1.807) is 38.7 Å². The van der Waals surface area contributed by atoms with Gasteiger partial charge in [-0.3, -0.25) is 14.5 Å². The largest absolute Gasteiger partial charge is 0.325 e. The van der Waals surface area contributed by atoms with Crippen molar-refractivity contribution in [3.8, 4) is 16.9 Å². The maximum Gasteiger partial charge on any atom is 0.244 e. The van der Waals surface area contributed by atoms with E-state index in [9.17, 15) is 9.59 Å². The monoisotopic (exact) mass is 584 g/mol. The van der Waals surface area contributed by atoms with Gasteiger partial charge in [0.25, 0.3) is 0 Å². The number of fused-ring (bicyclic) bond motifs is 1. The van der Waals surface area contributed by atoms with Crippen molar-refractivity contribution in [2.45, 2.75) is 12.2 Å². The molecule has 0 saturated heterocycles. The number of carbonyl (C=O) groups excluding carboxylic acids is 2. The van der Waals surface area contributed by atoms with E-state index < -0.39 is 0 Å². The number of nitrogens with one attached hydrogen (secondary N) is 1. The number of anilines is 2. The molecule has 6 rings (SSSR count). The standard InChI is InChI=1S/C31H25ClN4O2S2/c1-20-13-15-22(16-14-20)33-26(37)18-35-27(38)19-40-30(25-12-7-17-39-25)28-29(21-8-3-2-4-9-21)34-36(31(28)35)24-11-6-5-10-23(24)32/h2-17,30H,18-19H2,1H3,(H,33,37). The van der Waals surface area contributed by atoms with Crippen LogP contribution in [0.1, 0.15) is 21.3 Å². The molecule has 200 valence electrons. The van der Waals surface area contributed by atoms with Gasteiger partial charge in [-0.2, -0.15) is 5.10 Å². The van der Waals surface area contributed by atoms with Gasteiger partial charge in [0.15, 0.2) is 0 Å². The molecule has 0 fully saturated rings. The lowest BCUT2D eigenvalue weighted by molar-refractivity contribution is -0.120. The number of hydrogen-bond acceptors (Lipinski definition) is 5. The minimum absolute atomic E-state index is 0.157. The van der Waals surface area contributed by atoms with Gasteiger partial charge in [0.1, 0.15) is 12.4 Å². The summed E-state index contributed by atoms with van der Waals surface area (Å²) in [6, 6.07) is 29.0. The van der Waals surface area contributed by atoms with Crippen LogP contribution in [0.5, 0.6) is 0 Å². The van der Waals surface area contributed by atoms with Crippen LogP contribution in [-0.2, 0) is 9.59 Å². The van der Waals surface area contributed by atoms with Crippen molar-refractivity contribution >= 4 is 58.0 Å². The highest BCUT2D eigenvalue weighted by atomic mass is 35.5. The van der Waals surface area contributed by atoms with Gasteiger partial charge in [-0.25, -0.2) is 4.68 Å². The highest BCUT2D eigenvalue weighted by molar-refractivity contribution is 8.00. The van der Waals surface area contributed by atoms with Gasteiger partial charge in [-0.15, -0.1) is 23.1 Å². The predicted molar refractivity (Wildman–Crippen MR) is 165 cm³/mol. The number of aryl methyl sites for hydroxylation is 1. The number of para-hydroxylation sites is 1. The zero-order valence-electron chi connectivity index (χ0n) is 21.6. The second-order valence-corrected chi connectivity index (χ2v) is 11.9. The van der Waals surface area contributed by atoms with Crippen LogP contribution in [-0.4, -0.2) is 33.9 Å². The highest BCUT2D eigenvalue weighted by Gasteiger charge is 2.38. The van der Waals surface area contributed by atoms with Crippen molar-refractivity contribution in [2.75, 3.05) is 22.5 Å². The maximum absolute atomic E-state index is 13.8. The Morgan fingerprint density at radius 2 is 1.75 bits per heavy atom. The quantitative estimate of drug-likeness (QED) is 0.226. The fourth-order valence-corrected chi connectivity index (χ4v) is 7.16. The third-order valence-corrected chi connectivity index (χ3v) is 9.30. The first-order chi connectivity index (χ1) is 19.5. The van der Waals surface area contributed by atoms with Crippen LogP contribution >= 0.6 is 34.7 Å². The van der Waals surface area contributed by atoms with Crippen LogP contribution in [0.25, 0.3) is 16.9 Å². The Morgan fingerprint density at radius 1 is 1.00 bits per heavy atom. The van der Waals surface area contributed by atoms with Gasteiger partial charge in [-0.05, 0) is 42.6 Å². The topological polar surface area (TPSA) is 67.2 Å². The molecule has 0 bridgehead atoms. The zero-order chi connectivity index (χ0) is 27.6. The van der Waals surface area contributed by atoms with E-state index in [4.69, 9.17) is 16.7 Å². The Kier molecular flexibility index (Phi) is 7.47. The van der Waals surface area contributed by atoms with Gasteiger partial charge in [0.2, 0.25) is 11.8 Å². The maximum atomic E-state index is 13.8. The number of nitrogens with zero attached hydrogens (tertiary/aromatic N) is 3. The molecule has 0 spiro atoms. The number of aromatic nitrogens is 2. The molecule has 1 N–H and O–H groups in total. The number of thiophene rings is 1. The summed E-state index contributed by atoms with van der Waals surface area (Å²) in [5.74, 6) is 0.304. The molecule has 0 saturated carbocycles. The SMILES string of the molecule is Cc1ccc(NC(=O)CN2C(=O)CSC(c3cccs3)c3c(-c4ccccc4)nn(-c4ccccc4Cl)c32)cc1. The molecule has 6 nitrogen and oxygen atoms in total. The minimum Gasteiger partial charge on any atom is -0.325 e. The summed E-state index contributed by atoms with van der Waals surface area (Å²) >= 11 is 9.89. The summed E-state index contributed by atoms with van der Waals surface area (Å²) in [4.78, 5) is 29.8. The molecule has 1 unspecified atom stereocenters. The molecule has 0 radical (unpaired) electrons. The Labute approximate surface area is 245 Å². The molecule has 2 amide bonds. The van der Waals surface area contributed by atoms with Crippen LogP contribution in [0, 0.1) is 6.92 Å². The van der Waals surface area contributed by atoms with Crippen LogP contribution in [0.2, 0.25) is 5.02 Å². The number of amides is 2. The molecule has 40 heavy (non-hydrogen) atoms. The summed E-state index contributed by atoms with van der Waals surface area (Å²) in [6.45, 7) is 1.83. The molecule has 0 aliphatic carbocycles. The van der Waals surface area contributed by atoms with E-state index in [1.165, 1.54) is 0 Å². The average Bonchev–Trinajstić information content (AvgIpc) is 3.61. The molecule has 3 heterocycles. The van der Waals surface area contributed by atoms with E-state index in [-0.39, 0.29) is 29.4 Å². The third-order valence-electron chi connectivity index (χ3n) is 6.66. The smallest absolute Gasteiger partial charge is 0.244 e. The number of hydrogen-bond donors (Lipinski definition) is 1. The van der Waals surface area contributed by atoms with E-state index in [0.717, 1.165) is 27.3 Å². The summed E-state index contributed by atoms with van der Waals surface area (Å²) in [7, 11) is 0. The lowest BCUT2D eigenvalue weighted by atomic mass is 10.0. The fraction of sp³-hybridized carbons (Fsp3) is 0.129. The van der Waals surface area contributed by atoms with Crippen molar-refractivity contribution in [1.29, 1.82) is 0 Å². The molecule has 1 aliphatic rings. The lowest BCUT2D eigenvalue weighted by Crippen LogP contribution is -2.40. The first-order valence-corrected chi connectivity index (χ1v) is 15.1. The molecule has 1 atom stereocenters. The van der Waals surface area contributed by atoms with E-state index in [0.29, 0.717) is 22.2 Å². The summed E-state index contributed by atoms with van der Waals surface area (Å²) in [5, 5.41) is 10.4. The average molecular weight is 585 g/mol. The van der Waals surface area contributed by atoms with Gasteiger partial charge < -0.3 is 5.32 Å². The van der Waals surface area contributed by atoms with Crippen molar-refractivity contribution in [1.82, 2.24) is 9.78 Å². The van der Waals surface area contributed by atoms with Crippen molar-refractivity contribution in [3.05, 3.63) is 117 Å². The van der Waals surface area contributed by atoms with Crippen molar-refractivity contribution in [2.24, 2.45) is 0 Å².